The molecule has 0 aromatic heterocycles. The Hall–Kier alpha value is 0.240. The quantitative estimate of drug-likeness (QED) is 0.545. The first kappa shape index (κ1) is 9.46. The monoisotopic (exact) mass is 228 g/mol. The molecule has 3 saturated carbocycles. The Bertz CT molecular complexity index is 266. The van der Waals surface area contributed by atoms with E-state index in [1.165, 1.54) is 32.1 Å². The van der Waals surface area contributed by atoms with E-state index in [4.69, 9.17) is 17.0 Å². The van der Waals surface area contributed by atoms with Crippen LogP contribution in [-0.2, 0) is 4.74 Å². The molecule has 5 atom stereocenters. The molecule has 3 fully saturated rings. The van der Waals surface area contributed by atoms with Crippen molar-refractivity contribution in [2.45, 2.75) is 38.2 Å². The Labute approximate surface area is 96.0 Å². The number of fused-ring (bicyclic) bond motifs is 5. The van der Waals surface area contributed by atoms with Crippen LogP contribution in [0.25, 0.3) is 0 Å². The van der Waals surface area contributed by atoms with Gasteiger partial charge in [0.05, 0.1) is 0 Å². The summed E-state index contributed by atoms with van der Waals surface area (Å²) in [6.45, 7) is 0. The third kappa shape index (κ3) is 1.32. The molecule has 0 saturated heterocycles. The molecular weight excluding hydrogens is 212 g/mol. The lowest BCUT2D eigenvalue weighted by Crippen LogP contribution is -2.30. The lowest BCUT2D eigenvalue weighted by atomic mass is 9.80. The predicted molar refractivity (Wildman–Crippen MR) is 63.5 cm³/mol. The molecule has 1 nitrogen and oxygen atoms in total. The first-order valence-corrected chi connectivity index (χ1v) is 6.51. The summed E-state index contributed by atoms with van der Waals surface area (Å²) in [5, 5.41) is 0. The molecule has 14 heavy (non-hydrogen) atoms. The number of hydrogen-bond acceptors (Lipinski definition) is 2. The van der Waals surface area contributed by atoms with Gasteiger partial charge in [0.25, 0.3) is 0 Å². The standard InChI is InChI=1S/C11H16OS2/c13-11(14)12-10-5-6-4-9(10)8-3-1-2-7(6)8/h6-10H,1-5H2,(H,13,14)/t6-,7-,8-,9-,10+/m1/s1. The zero-order chi connectivity index (χ0) is 9.71. The van der Waals surface area contributed by atoms with Crippen molar-refractivity contribution in [3.05, 3.63) is 0 Å². The van der Waals surface area contributed by atoms with Crippen LogP contribution >= 0.6 is 24.8 Å². The lowest BCUT2D eigenvalue weighted by Gasteiger charge is -2.31. The van der Waals surface area contributed by atoms with E-state index in [0.717, 1.165) is 23.7 Å². The fraction of sp³-hybridized carbons (Fsp3) is 0.909. The van der Waals surface area contributed by atoms with E-state index >= 15 is 0 Å². The fourth-order valence-corrected chi connectivity index (χ4v) is 4.53. The van der Waals surface area contributed by atoms with Crippen LogP contribution in [0.2, 0.25) is 0 Å². The Kier molecular flexibility index (Phi) is 2.28. The minimum atomic E-state index is 0.407. The fourth-order valence-electron chi connectivity index (χ4n) is 4.27. The smallest absolute Gasteiger partial charge is 0.217 e. The van der Waals surface area contributed by atoms with E-state index in [2.05, 4.69) is 12.6 Å². The normalized spacial score (nSPS) is 49.4. The van der Waals surface area contributed by atoms with Gasteiger partial charge in [0.15, 0.2) is 0 Å². The van der Waals surface area contributed by atoms with Crippen molar-refractivity contribution in [2.75, 3.05) is 0 Å². The van der Waals surface area contributed by atoms with Gasteiger partial charge >= 0.3 is 0 Å². The molecular formula is C11H16OS2. The van der Waals surface area contributed by atoms with Gasteiger partial charge in [0.2, 0.25) is 4.38 Å². The molecule has 0 spiro atoms. The van der Waals surface area contributed by atoms with Crippen molar-refractivity contribution in [2.24, 2.45) is 23.7 Å². The van der Waals surface area contributed by atoms with Gasteiger partial charge in [0.1, 0.15) is 6.10 Å². The van der Waals surface area contributed by atoms with Gasteiger partial charge in [-0.25, -0.2) is 0 Å². The second kappa shape index (κ2) is 3.38. The predicted octanol–water partition coefficient (Wildman–Crippen LogP) is 3.04. The van der Waals surface area contributed by atoms with Gasteiger partial charge < -0.3 is 4.74 Å². The molecule has 0 aromatic carbocycles. The molecule has 0 aromatic rings. The van der Waals surface area contributed by atoms with Crippen LogP contribution in [0, 0.1) is 23.7 Å². The second-order valence-corrected chi connectivity index (χ2v) is 6.16. The minimum Gasteiger partial charge on any atom is -0.475 e. The van der Waals surface area contributed by atoms with Gasteiger partial charge in [-0.05, 0) is 61.6 Å². The highest BCUT2D eigenvalue weighted by molar-refractivity contribution is 8.10. The van der Waals surface area contributed by atoms with Crippen molar-refractivity contribution in [3.63, 3.8) is 0 Å². The Morgan fingerprint density at radius 1 is 1.14 bits per heavy atom. The molecule has 3 rings (SSSR count). The SMILES string of the molecule is S=C(S)O[C@H]1C[C@H]2C[C@@H]1[C@@H]1CCC[C@H]21. The van der Waals surface area contributed by atoms with Crippen molar-refractivity contribution >= 4 is 29.2 Å². The summed E-state index contributed by atoms with van der Waals surface area (Å²) in [5.41, 5.74) is 0. The summed E-state index contributed by atoms with van der Waals surface area (Å²) in [5.74, 6) is 3.74. The van der Waals surface area contributed by atoms with E-state index in [-0.39, 0.29) is 0 Å². The van der Waals surface area contributed by atoms with Gasteiger partial charge in [0, 0.05) is 0 Å². The molecule has 0 unspecified atom stereocenters. The zero-order valence-corrected chi connectivity index (χ0v) is 9.90. The van der Waals surface area contributed by atoms with E-state index in [1.54, 1.807) is 0 Å². The Morgan fingerprint density at radius 3 is 2.71 bits per heavy atom. The van der Waals surface area contributed by atoms with E-state index in [1.807, 2.05) is 0 Å². The number of rotatable bonds is 1. The molecule has 0 heterocycles. The minimum absolute atomic E-state index is 0.407. The largest absolute Gasteiger partial charge is 0.475 e. The summed E-state index contributed by atoms with van der Waals surface area (Å²) < 4.78 is 6.09. The molecule has 3 aliphatic carbocycles. The second-order valence-electron chi connectivity index (χ2n) is 5.08. The van der Waals surface area contributed by atoms with Crippen LogP contribution in [0.5, 0.6) is 0 Å². The topological polar surface area (TPSA) is 9.23 Å². The maximum atomic E-state index is 5.65. The van der Waals surface area contributed by atoms with Crippen LogP contribution in [0.15, 0.2) is 0 Å². The molecule has 0 aliphatic heterocycles. The average molecular weight is 228 g/mol. The third-order valence-corrected chi connectivity index (χ3v) is 4.82. The van der Waals surface area contributed by atoms with Gasteiger partial charge in [-0.1, -0.05) is 19.0 Å². The number of hydrogen-bond donors (Lipinski definition) is 1. The van der Waals surface area contributed by atoms with Crippen LogP contribution in [0.1, 0.15) is 32.1 Å². The highest BCUT2D eigenvalue weighted by atomic mass is 32.1. The van der Waals surface area contributed by atoms with Crippen LogP contribution in [-0.4, -0.2) is 10.5 Å². The molecule has 0 radical (unpaired) electrons. The molecule has 2 bridgehead atoms. The third-order valence-electron chi connectivity index (χ3n) is 4.62. The highest BCUT2D eigenvalue weighted by Gasteiger charge is 2.54. The number of thiol groups is 1. The van der Waals surface area contributed by atoms with Crippen molar-refractivity contribution in [3.8, 4) is 0 Å². The highest BCUT2D eigenvalue weighted by Crippen LogP contribution is 2.59. The van der Waals surface area contributed by atoms with Crippen LogP contribution in [0.4, 0.5) is 0 Å². The van der Waals surface area contributed by atoms with E-state index in [0.29, 0.717) is 10.5 Å². The average Bonchev–Trinajstić information content (AvgIpc) is 2.68. The van der Waals surface area contributed by atoms with Gasteiger partial charge in [-0.2, -0.15) is 0 Å². The summed E-state index contributed by atoms with van der Waals surface area (Å²) >= 11 is 8.98. The van der Waals surface area contributed by atoms with Crippen LogP contribution < -0.4 is 0 Å². The zero-order valence-electron chi connectivity index (χ0n) is 8.19. The van der Waals surface area contributed by atoms with Crippen molar-refractivity contribution < 1.29 is 4.74 Å². The first-order chi connectivity index (χ1) is 6.75. The van der Waals surface area contributed by atoms with Gasteiger partial charge in [-0.15, -0.1) is 0 Å². The molecule has 78 valence electrons. The van der Waals surface area contributed by atoms with E-state index in [9.17, 15) is 0 Å². The van der Waals surface area contributed by atoms with Crippen molar-refractivity contribution in [1.29, 1.82) is 0 Å². The Morgan fingerprint density at radius 2 is 1.93 bits per heavy atom. The van der Waals surface area contributed by atoms with E-state index < -0.39 is 0 Å². The molecule has 0 N–H and O–H groups in total. The number of ether oxygens (including phenoxy) is 1. The van der Waals surface area contributed by atoms with Crippen molar-refractivity contribution in [1.82, 2.24) is 0 Å². The first-order valence-electron chi connectivity index (χ1n) is 5.65. The number of thiocarbonyl (C=S) groups is 1. The summed E-state index contributed by atoms with van der Waals surface area (Å²) in [4.78, 5) is 0. The molecule has 0 amide bonds. The maximum absolute atomic E-state index is 5.65. The summed E-state index contributed by atoms with van der Waals surface area (Å²) in [6, 6.07) is 0. The summed E-state index contributed by atoms with van der Waals surface area (Å²) in [6.07, 6.45) is 7.41. The lowest BCUT2D eigenvalue weighted by molar-refractivity contribution is 0.0814. The molecule has 3 heteroatoms. The maximum Gasteiger partial charge on any atom is 0.217 e. The summed E-state index contributed by atoms with van der Waals surface area (Å²) in [7, 11) is 0. The van der Waals surface area contributed by atoms with Gasteiger partial charge in [-0.3, -0.25) is 0 Å². The Balaban J connectivity index is 1.73. The van der Waals surface area contributed by atoms with Crippen LogP contribution in [0.3, 0.4) is 0 Å². The molecule has 3 aliphatic rings.